The molecule has 0 aliphatic carbocycles. The first-order chi connectivity index (χ1) is 10.1. The van der Waals surface area contributed by atoms with Crippen molar-refractivity contribution in [2.45, 2.75) is 27.3 Å². The molecule has 0 aliphatic heterocycles. The fraction of sp³-hybridized carbons (Fsp3) is 0.368. The van der Waals surface area contributed by atoms with Crippen molar-refractivity contribution >= 4 is 10.8 Å². The Balaban J connectivity index is 2.30. The summed E-state index contributed by atoms with van der Waals surface area (Å²) >= 11 is 0. The van der Waals surface area contributed by atoms with Crippen LogP contribution >= 0.6 is 0 Å². The summed E-state index contributed by atoms with van der Waals surface area (Å²) in [5.41, 5.74) is 2.26. The van der Waals surface area contributed by atoms with E-state index in [0.717, 1.165) is 24.4 Å². The van der Waals surface area contributed by atoms with Crippen molar-refractivity contribution in [3.63, 3.8) is 0 Å². The largest absolute Gasteiger partial charge is 0.489 e. The lowest BCUT2D eigenvalue weighted by Crippen LogP contribution is -2.19. The van der Waals surface area contributed by atoms with Gasteiger partial charge in [0.1, 0.15) is 12.4 Å². The minimum atomic E-state index is 0.565. The molecule has 0 unspecified atom stereocenters. The van der Waals surface area contributed by atoms with Gasteiger partial charge in [0, 0.05) is 12.1 Å². The molecule has 112 valence electrons. The third-order valence-electron chi connectivity index (χ3n) is 3.33. The van der Waals surface area contributed by atoms with Crippen LogP contribution < -0.4 is 10.1 Å². The summed E-state index contributed by atoms with van der Waals surface area (Å²) in [5, 5.41) is 6.03. The second kappa shape index (κ2) is 7.28. The molecule has 0 heterocycles. The molecule has 0 aliphatic rings. The third kappa shape index (κ3) is 4.33. The van der Waals surface area contributed by atoms with Crippen LogP contribution in [0.3, 0.4) is 0 Å². The summed E-state index contributed by atoms with van der Waals surface area (Å²) in [4.78, 5) is 0. The summed E-state index contributed by atoms with van der Waals surface area (Å²) in [7, 11) is 0. The number of nitrogens with one attached hydrogen (secondary N) is 1. The van der Waals surface area contributed by atoms with Crippen LogP contribution in [0.1, 0.15) is 26.3 Å². The maximum Gasteiger partial charge on any atom is 0.124 e. The topological polar surface area (TPSA) is 21.3 Å². The Morgan fingerprint density at radius 1 is 1.19 bits per heavy atom. The average Bonchev–Trinajstić information content (AvgIpc) is 2.45. The normalized spacial score (nSPS) is 11.0. The fourth-order valence-electron chi connectivity index (χ4n) is 2.32. The lowest BCUT2D eigenvalue weighted by molar-refractivity contribution is 0.348. The van der Waals surface area contributed by atoms with Crippen LogP contribution in [0.15, 0.2) is 48.6 Å². The molecule has 0 fully saturated rings. The van der Waals surface area contributed by atoms with Gasteiger partial charge in [0.25, 0.3) is 0 Å². The Morgan fingerprint density at radius 3 is 2.67 bits per heavy atom. The first-order valence-electron chi connectivity index (χ1n) is 7.56. The van der Waals surface area contributed by atoms with Gasteiger partial charge in [-0.05, 0) is 41.8 Å². The molecule has 0 bridgehead atoms. The lowest BCUT2D eigenvalue weighted by atomic mass is 10.0. The number of ether oxygens (including phenoxy) is 1. The maximum absolute atomic E-state index is 5.92. The number of hydrogen-bond acceptors (Lipinski definition) is 2. The average molecular weight is 283 g/mol. The molecule has 0 saturated heterocycles. The molecular formula is C19H25NO. The van der Waals surface area contributed by atoms with Crippen LogP contribution in [-0.2, 0) is 6.54 Å². The standard InChI is InChI=1S/C19H25NO/c1-14(2)11-20-12-18-17-8-6-5-7-16(17)9-10-19(18)21-13-15(3)4/h5-10,14,20H,3,11-13H2,1-2,4H3. The van der Waals surface area contributed by atoms with Gasteiger partial charge >= 0.3 is 0 Å². The van der Waals surface area contributed by atoms with E-state index in [1.54, 1.807) is 0 Å². The van der Waals surface area contributed by atoms with Gasteiger partial charge in [0.2, 0.25) is 0 Å². The second-order valence-corrected chi connectivity index (χ2v) is 6.03. The monoisotopic (exact) mass is 283 g/mol. The van der Waals surface area contributed by atoms with Crippen molar-refractivity contribution in [2.75, 3.05) is 13.2 Å². The van der Waals surface area contributed by atoms with Crippen molar-refractivity contribution < 1.29 is 4.74 Å². The summed E-state index contributed by atoms with van der Waals surface area (Å²) in [5.74, 6) is 1.59. The molecule has 2 rings (SSSR count). The van der Waals surface area contributed by atoms with E-state index in [2.05, 4.69) is 62.1 Å². The minimum Gasteiger partial charge on any atom is -0.489 e. The number of benzene rings is 2. The van der Waals surface area contributed by atoms with Crippen LogP contribution in [0.5, 0.6) is 5.75 Å². The predicted octanol–water partition coefficient (Wildman–Crippen LogP) is 4.54. The van der Waals surface area contributed by atoms with E-state index in [0.29, 0.717) is 12.5 Å². The van der Waals surface area contributed by atoms with Gasteiger partial charge in [-0.15, -0.1) is 0 Å². The molecule has 2 nitrogen and oxygen atoms in total. The summed E-state index contributed by atoms with van der Waals surface area (Å²) in [6.07, 6.45) is 0. The quantitative estimate of drug-likeness (QED) is 0.753. The zero-order chi connectivity index (χ0) is 15.2. The molecular weight excluding hydrogens is 258 g/mol. The van der Waals surface area contributed by atoms with Gasteiger partial charge in [0.15, 0.2) is 0 Å². The first-order valence-corrected chi connectivity index (χ1v) is 7.56. The molecule has 0 aromatic heterocycles. The molecule has 21 heavy (non-hydrogen) atoms. The van der Waals surface area contributed by atoms with E-state index in [1.807, 2.05) is 6.92 Å². The van der Waals surface area contributed by atoms with Gasteiger partial charge in [-0.3, -0.25) is 0 Å². The SMILES string of the molecule is C=C(C)COc1ccc2ccccc2c1CNCC(C)C. The van der Waals surface area contributed by atoms with Crippen molar-refractivity contribution in [3.05, 3.63) is 54.1 Å². The van der Waals surface area contributed by atoms with Crippen molar-refractivity contribution in [3.8, 4) is 5.75 Å². The van der Waals surface area contributed by atoms with Gasteiger partial charge < -0.3 is 10.1 Å². The molecule has 2 aromatic carbocycles. The number of fused-ring (bicyclic) bond motifs is 1. The van der Waals surface area contributed by atoms with Crippen LogP contribution in [0, 0.1) is 5.92 Å². The smallest absolute Gasteiger partial charge is 0.124 e. The van der Waals surface area contributed by atoms with Crippen LogP contribution in [-0.4, -0.2) is 13.2 Å². The van der Waals surface area contributed by atoms with E-state index in [-0.39, 0.29) is 0 Å². The molecule has 0 radical (unpaired) electrons. The highest BCUT2D eigenvalue weighted by Gasteiger charge is 2.09. The molecule has 1 N–H and O–H groups in total. The Labute approximate surface area is 127 Å². The summed E-state index contributed by atoms with van der Waals surface area (Å²) < 4.78 is 5.92. The van der Waals surface area contributed by atoms with E-state index in [1.165, 1.54) is 16.3 Å². The zero-order valence-electron chi connectivity index (χ0n) is 13.3. The van der Waals surface area contributed by atoms with E-state index in [9.17, 15) is 0 Å². The van der Waals surface area contributed by atoms with Crippen molar-refractivity contribution in [2.24, 2.45) is 5.92 Å². The van der Waals surface area contributed by atoms with Crippen LogP contribution in [0.4, 0.5) is 0 Å². The molecule has 0 saturated carbocycles. The molecule has 2 aromatic rings. The second-order valence-electron chi connectivity index (χ2n) is 6.03. The Kier molecular flexibility index (Phi) is 5.40. The first kappa shape index (κ1) is 15.6. The Morgan fingerprint density at radius 2 is 1.95 bits per heavy atom. The highest BCUT2D eigenvalue weighted by Crippen LogP contribution is 2.28. The maximum atomic E-state index is 5.92. The molecule has 2 heteroatoms. The Hall–Kier alpha value is -1.80. The molecule has 0 spiro atoms. The van der Waals surface area contributed by atoms with Crippen molar-refractivity contribution in [1.82, 2.24) is 5.32 Å². The fourth-order valence-corrected chi connectivity index (χ4v) is 2.32. The van der Waals surface area contributed by atoms with Gasteiger partial charge in [-0.25, -0.2) is 0 Å². The van der Waals surface area contributed by atoms with Gasteiger partial charge in [-0.1, -0.05) is 50.8 Å². The summed E-state index contributed by atoms with van der Waals surface area (Å²) in [6, 6.07) is 12.6. The zero-order valence-corrected chi connectivity index (χ0v) is 13.3. The number of rotatable bonds is 7. The molecule has 0 amide bonds. The van der Waals surface area contributed by atoms with E-state index >= 15 is 0 Å². The van der Waals surface area contributed by atoms with Crippen LogP contribution in [0.25, 0.3) is 10.8 Å². The minimum absolute atomic E-state index is 0.565. The highest BCUT2D eigenvalue weighted by atomic mass is 16.5. The summed E-state index contributed by atoms with van der Waals surface area (Å²) in [6.45, 7) is 12.7. The van der Waals surface area contributed by atoms with E-state index in [4.69, 9.17) is 4.74 Å². The highest BCUT2D eigenvalue weighted by molar-refractivity contribution is 5.87. The van der Waals surface area contributed by atoms with Crippen LogP contribution in [0.2, 0.25) is 0 Å². The third-order valence-corrected chi connectivity index (χ3v) is 3.33. The van der Waals surface area contributed by atoms with Gasteiger partial charge in [0.05, 0.1) is 0 Å². The molecule has 0 atom stereocenters. The van der Waals surface area contributed by atoms with E-state index < -0.39 is 0 Å². The van der Waals surface area contributed by atoms with Crippen molar-refractivity contribution in [1.29, 1.82) is 0 Å². The van der Waals surface area contributed by atoms with Gasteiger partial charge in [-0.2, -0.15) is 0 Å². The Bertz CT molecular complexity index is 616. The number of hydrogen-bond donors (Lipinski definition) is 1. The predicted molar refractivity (Wildman–Crippen MR) is 90.8 cm³/mol. The lowest BCUT2D eigenvalue weighted by Gasteiger charge is -2.16.